The van der Waals surface area contributed by atoms with Gasteiger partial charge in [-0.25, -0.2) is 14.4 Å². The number of rotatable bonds is 9. The Morgan fingerprint density at radius 3 is 2.40 bits per heavy atom. The van der Waals surface area contributed by atoms with E-state index in [0.717, 1.165) is 37.9 Å². The SMILES string of the molecule is CCC1(c2cccc(OC(=O)NC(C(=O)O[C@@H](C)C(=O)OC(C)C)C(C)C)c2)CCCCN(C)C1. The molecule has 8 heteroatoms. The van der Waals surface area contributed by atoms with Crippen LogP contribution in [0.4, 0.5) is 4.79 Å². The van der Waals surface area contributed by atoms with Crippen molar-refractivity contribution in [2.45, 2.75) is 90.9 Å². The molecule has 1 aliphatic heterocycles. The molecule has 0 radical (unpaired) electrons. The van der Waals surface area contributed by atoms with Gasteiger partial charge in [-0.3, -0.25) is 0 Å². The van der Waals surface area contributed by atoms with E-state index in [1.54, 1.807) is 33.8 Å². The number of hydrogen-bond acceptors (Lipinski definition) is 7. The van der Waals surface area contributed by atoms with Gasteiger partial charge in [0, 0.05) is 12.0 Å². The minimum Gasteiger partial charge on any atom is -0.460 e. The van der Waals surface area contributed by atoms with Crippen LogP contribution in [0.2, 0.25) is 0 Å². The summed E-state index contributed by atoms with van der Waals surface area (Å²) in [5.74, 6) is -1.21. The van der Waals surface area contributed by atoms with Crippen LogP contribution in [-0.2, 0) is 24.5 Å². The molecule has 196 valence electrons. The van der Waals surface area contributed by atoms with E-state index in [4.69, 9.17) is 14.2 Å². The number of carbonyl (C=O) groups excluding carboxylic acids is 3. The fourth-order valence-corrected chi connectivity index (χ4v) is 4.52. The van der Waals surface area contributed by atoms with Crippen LogP contribution in [0.3, 0.4) is 0 Å². The van der Waals surface area contributed by atoms with Crippen LogP contribution in [0, 0.1) is 5.92 Å². The van der Waals surface area contributed by atoms with Crippen molar-refractivity contribution in [2.75, 3.05) is 20.1 Å². The van der Waals surface area contributed by atoms with Crippen LogP contribution >= 0.6 is 0 Å². The summed E-state index contributed by atoms with van der Waals surface area (Å²) in [5.41, 5.74) is 1.16. The maximum Gasteiger partial charge on any atom is 0.413 e. The van der Waals surface area contributed by atoms with Gasteiger partial charge in [-0.05, 0) is 77.2 Å². The van der Waals surface area contributed by atoms with Gasteiger partial charge in [0.2, 0.25) is 0 Å². The highest BCUT2D eigenvalue weighted by Gasteiger charge is 2.34. The Labute approximate surface area is 209 Å². The number of nitrogens with zero attached hydrogens (tertiary/aromatic N) is 1. The van der Waals surface area contributed by atoms with Gasteiger partial charge >= 0.3 is 18.0 Å². The Hall–Kier alpha value is -2.61. The average molecular weight is 491 g/mol. The summed E-state index contributed by atoms with van der Waals surface area (Å²) in [7, 11) is 2.15. The number of hydrogen-bond donors (Lipinski definition) is 1. The third kappa shape index (κ3) is 8.23. The lowest BCUT2D eigenvalue weighted by atomic mass is 9.74. The fraction of sp³-hybridized carbons (Fsp3) is 0.667. The quantitative estimate of drug-likeness (QED) is 0.511. The van der Waals surface area contributed by atoms with E-state index in [0.29, 0.717) is 5.75 Å². The molecule has 1 fully saturated rings. The monoisotopic (exact) mass is 490 g/mol. The van der Waals surface area contributed by atoms with Gasteiger partial charge in [0.05, 0.1) is 6.10 Å². The number of esters is 2. The van der Waals surface area contributed by atoms with Crippen LogP contribution in [0.25, 0.3) is 0 Å². The van der Waals surface area contributed by atoms with Crippen molar-refractivity contribution in [1.29, 1.82) is 0 Å². The van der Waals surface area contributed by atoms with Crippen LogP contribution in [0.1, 0.15) is 72.8 Å². The zero-order valence-corrected chi connectivity index (χ0v) is 22.3. The molecular weight excluding hydrogens is 448 g/mol. The largest absolute Gasteiger partial charge is 0.460 e. The van der Waals surface area contributed by atoms with E-state index < -0.39 is 30.2 Å². The Morgan fingerprint density at radius 2 is 1.77 bits per heavy atom. The van der Waals surface area contributed by atoms with Crippen LogP contribution in [0.15, 0.2) is 24.3 Å². The Balaban J connectivity index is 2.08. The third-order valence-corrected chi connectivity index (χ3v) is 6.52. The molecule has 35 heavy (non-hydrogen) atoms. The molecule has 3 atom stereocenters. The topological polar surface area (TPSA) is 94.2 Å². The summed E-state index contributed by atoms with van der Waals surface area (Å²) in [6.45, 7) is 12.7. The molecule has 8 nitrogen and oxygen atoms in total. The predicted molar refractivity (Wildman–Crippen MR) is 134 cm³/mol. The summed E-state index contributed by atoms with van der Waals surface area (Å²) in [6, 6.07) is 6.68. The second-order valence-corrected chi connectivity index (χ2v) is 10.2. The summed E-state index contributed by atoms with van der Waals surface area (Å²) >= 11 is 0. The third-order valence-electron chi connectivity index (χ3n) is 6.52. The van der Waals surface area contributed by atoms with Gasteiger partial charge in [0.15, 0.2) is 6.10 Å². The van der Waals surface area contributed by atoms with Crippen LogP contribution < -0.4 is 10.1 Å². The molecule has 0 spiro atoms. The smallest absolute Gasteiger partial charge is 0.413 e. The molecule has 2 unspecified atom stereocenters. The summed E-state index contributed by atoms with van der Waals surface area (Å²) in [6.07, 6.45) is 2.26. The molecule has 0 saturated carbocycles. The first-order valence-electron chi connectivity index (χ1n) is 12.7. The highest BCUT2D eigenvalue weighted by atomic mass is 16.6. The highest BCUT2D eigenvalue weighted by molar-refractivity contribution is 5.85. The molecule has 1 aliphatic rings. The lowest BCUT2D eigenvalue weighted by molar-refractivity contribution is -0.170. The number of ether oxygens (including phenoxy) is 3. The van der Waals surface area contributed by atoms with E-state index in [2.05, 4.69) is 30.3 Å². The van der Waals surface area contributed by atoms with E-state index in [9.17, 15) is 14.4 Å². The maximum atomic E-state index is 12.7. The predicted octanol–water partition coefficient (Wildman–Crippen LogP) is 4.45. The minimum absolute atomic E-state index is 0.00605. The van der Waals surface area contributed by atoms with Gasteiger partial charge in [-0.1, -0.05) is 39.3 Å². The molecule has 2 rings (SSSR count). The minimum atomic E-state index is -1.08. The first-order chi connectivity index (χ1) is 16.5. The number of carbonyl (C=O) groups is 3. The van der Waals surface area contributed by atoms with Crippen LogP contribution in [-0.4, -0.2) is 61.3 Å². The van der Waals surface area contributed by atoms with Crippen molar-refractivity contribution >= 4 is 18.0 Å². The van der Waals surface area contributed by atoms with E-state index in [-0.39, 0.29) is 17.4 Å². The second kappa shape index (κ2) is 12.9. The number of benzene rings is 1. The Kier molecular flexibility index (Phi) is 10.6. The lowest BCUT2D eigenvalue weighted by Gasteiger charge is -2.35. The Morgan fingerprint density at radius 1 is 1.06 bits per heavy atom. The van der Waals surface area contributed by atoms with E-state index in [1.807, 2.05) is 12.1 Å². The van der Waals surface area contributed by atoms with Gasteiger partial charge in [0.1, 0.15) is 11.8 Å². The van der Waals surface area contributed by atoms with Gasteiger partial charge < -0.3 is 24.4 Å². The standard InChI is InChI=1S/C27H42N2O6/c1-8-27(14-9-10-15-29(7)17-27)21-12-11-13-22(16-21)35-26(32)28-23(18(2)3)25(31)34-20(6)24(30)33-19(4)5/h11-13,16,18-20,23H,8-10,14-15,17H2,1-7H3,(H,28,32)/t20-,23?,27?/m0/s1. The molecule has 1 amide bonds. The zero-order valence-electron chi connectivity index (χ0n) is 22.3. The molecular formula is C27H42N2O6. The lowest BCUT2D eigenvalue weighted by Crippen LogP contribution is -2.47. The van der Waals surface area contributed by atoms with Gasteiger partial charge in [0.25, 0.3) is 0 Å². The maximum absolute atomic E-state index is 12.7. The summed E-state index contributed by atoms with van der Waals surface area (Å²) < 4.78 is 15.9. The molecule has 1 aromatic carbocycles. The normalized spacial score (nSPS) is 20.6. The number of amides is 1. The highest BCUT2D eigenvalue weighted by Crippen LogP contribution is 2.37. The van der Waals surface area contributed by atoms with Crippen molar-refractivity contribution in [2.24, 2.45) is 5.92 Å². The first-order valence-corrected chi connectivity index (χ1v) is 12.7. The average Bonchev–Trinajstić information content (AvgIpc) is 2.98. The number of nitrogens with one attached hydrogen (secondary N) is 1. The van der Waals surface area contributed by atoms with Crippen molar-refractivity contribution in [3.8, 4) is 5.75 Å². The number of likely N-dealkylation sites (N-methyl/N-ethyl adjacent to an activating group) is 1. The first kappa shape index (κ1) is 28.6. The van der Waals surface area contributed by atoms with Crippen molar-refractivity contribution in [1.82, 2.24) is 10.2 Å². The molecule has 1 N–H and O–H groups in total. The summed E-state index contributed by atoms with van der Waals surface area (Å²) in [4.78, 5) is 39.7. The molecule has 0 bridgehead atoms. The van der Waals surface area contributed by atoms with E-state index >= 15 is 0 Å². The van der Waals surface area contributed by atoms with Crippen molar-refractivity contribution in [3.05, 3.63) is 29.8 Å². The van der Waals surface area contributed by atoms with E-state index in [1.165, 1.54) is 13.3 Å². The van der Waals surface area contributed by atoms with Gasteiger partial charge in [-0.15, -0.1) is 0 Å². The molecule has 1 aromatic rings. The summed E-state index contributed by atoms with van der Waals surface area (Å²) in [5, 5.41) is 2.59. The number of likely N-dealkylation sites (tertiary alicyclic amines) is 1. The van der Waals surface area contributed by atoms with Crippen molar-refractivity contribution < 1.29 is 28.6 Å². The molecule has 0 aromatic heterocycles. The second-order valence-electron chi connectivity index (χ2n) is 10.2. The molecule has 1 saturated heterocycles. The van der Waals surface area contributed by atoms with Crippen LogP contribution in [0.5, 0.6) is 5.75 Å². The molecule has 1 heterocycles. The fourth-order valence-electron chi connectivity index (χ4n) is 4.52. The molecule has 0 aliphatic carbocycles. The van der Waals surface area contributed by atoms with Gasteiger partial charge in [-0.2, -0.15) is 0 Å². The van der Waals surface area contributed by atoms with Crippen molar-refractivity contribution in [3.63, 3.8) is 0 Å². The Bertz CT molecular complexity index is 871. The zero-order chi connectivity index (χ0) is 26.2.